The molecule has 0 heterocycles. The van der Waals surface area contributed by atoms with Crippen molar-refractivity contribution in [1.82, 2.24) is 0 Å². The molecule has 0 fully saturated rings. The van der Waals surface area contributed by atoms with Crippen molar-refractivity contribution < 1.29 is 19.6 Å². The molecule has 0 spiro atoms. The second-order valence-corrected chi connectivity index (χ2v) is 3.09. The Morgan fingerprint density at radius 3 is 2.88 bits per heavy atom. The van der Waals surface area contributed by atoms with E-state index in [-0.39, 0.29) is 6.61 Å². The summed E-state index contributed by atoms with van der Waals surface area (Å²) >= 11 is 0. The van der Waals surface area contributed by atoms with Gasteiger partial charge in [0.25, 0.3) is 0 Å². The summed E-state index contributed by atoms with van der Waals surface area (Å²) in [5.41, 5.74) is 0.0264. The molecule has 0 radical (unpaired) electrons. The predicted molar refractivity (Wildman–Crippen MR) is 60.4 cm³/mol. The summed E-state index contributed by atoms with van der Waals surface area (Å²) in [6.45, 7) is 1.94. The number of nitro groups is 1. The van der Waals surface area contributed by atoms with Gasteiger partial charge in [0.05, 0.1) is 11.5 Å². The van der Waals surface area contributed by atoms with Gasteiger partial charge < -0.3 is 9.84 Å². The number of hydrogen-bond donors (Lipinski definition) is 1. The van der Waals surface area contributed by atoms with Crippen LogP contribution in [-0.4, -0.2) is 22.6 Å². The highest BCUT2D eigenvalue weighted by Crippen LogP contribution is 2.26. The number of carbonyl (C=O) groups excluding carboxylic acids is 1. The monoisotopic (exact) mass is 237 g/mol. The smallest absolute Gasteiger partial charge is 0.330 e. The highest BCUT2D eigenvalue weighted by molar-refractivity contribution is 5.87. The zero-order valence-electron chi connectivity index (χ0n) is 9.12. The lowest BCUT2D eigenvalue weighted by Gasteiger charge is -1.98. The molecule has 0 aliphatic heterocycles. The number of esters is 1. The third-order valence-electron chi connectivity index (χ3n) is 1.89. The molecule has 1 rings (SSSR count). The molecule has 0 aliphatic carbocycles. The minimum Gasteiger partial charge on any atom is -0.502 e. The Kier molecular flexibility index (Phi) is 4.21. The van der Waals surface area contributed by atoms with Crippen LogP contribution in [0.25, 0.3) is 6.08 Å². The number of phenolic OH excluding ortho intramolecular Hbond substituents is 1. The summed E-state index contributed by atoms with van der Waals surface area (Å²) in [5.74, 6) is -0.938. The lowest BCUT2D eigenvalue weighted by atomic mass is 10.2. The first kappa shape index (κ1) is 12.7. The number of carbonyl (C=O) groups is 1. The van der Waals surface area contributed by atoms with Crippen LogP contribution < -0.4 is 0 Å². The lowest BCUT2D eigenvalue weighted by molar-refractivity contribution is -0.385. The first-order chi connectivity index (χ1) is 8.04. The van der Waals surface area contributed by atoms with Crippen LogP contribution in [0.4, 0.5) is 5.69 Å². The summed E-state index contributed by atoms with van der Waals surface area (Å²) in [4.78, 5) is 20.9. The molecule has 0 atom stereocenters. The van der Waals surface area contributed by atoms with Crippen LogP contribution in [0.3, 0.4) is 0 Å². The maximum absolute atomic E-state index is 11.0. The molecule has 0 amide bonds. The average Bonchev–Trinajstić information content (AvgIpc) is 2.28. The van der Waals surface area contributed by atoms with Crippen LogP contribution in [0.2, 0.25) is 0 Å². The number of hydrogen-bond acceptors (Lipinski definition) is 5. The van der Waals surface area contributed by atoms with E-state index >= 15 is 0 Å². The molecule has 0 aliphatic rings. The van der Waals surface area contributed by atoms with E-state index in [2.05, 4.69) is 4.74 Å². The molecule has 0 unspecified atom stereocenters. The molecule has 90 valence electrons. The van der Waals surface area contributed by atoms with E-state index in [4.69, 9.17) is 0 Å². The number of phenols is 1. The number of benzene rings is 1. The number of ether oxygens (including phenoxy) is 1. The van der Waals surface area contributed by atoms with Gasteiger partial charge in [0, 0.05) is 12.1 Å². The maximum Gasteiger partial charge on any atom is 0.330 e. The molecule has 1 aromatic rings. The van der Waals surface area contributed by atoms with Gasteiger partial charge in [0.1, 0.15) is 0 Å². The highest BCUT2D eigenvalue weighted by atomic mass is 16.6. The largest absolute Gasteiger partial charge is 0.502 e. The first-order valence-corrected chi connectivity index (χ1v) is 4.87. The second-order valence-electron chi connectivity index (χ2n) is 3.09. The van der Waals surface area contributed by atoms with Crippen molar-refractivity contribution in [2.24, 2.45) is 0 Å². The molecule has 6 heteroatoms. The standard InChI is InChI=1S/C11H11NO5/c1-2-17-11(14)6-4-8-3-5-10(13)9(7-8)12(15)16/h3-7,13H,2H2,1H3. The Bertz CT molecular complexity index is 467. The highest BCUT2D eigenvalue weighted by Gasteiger charge is 2.12. The van der Waals surface area contributed by atoms with Crippen molar-refractivity contribution in [3.05, 3.63) is 40.0 Å². The molecule has 0 bridgehead atoms. The lowest BCUT2D eigenvalue weighted by Crippen LogP contribution is -1.98. The minimum absolute atomic E-state index is 0.263. The van der Waals surface area contributed by atoms with Crippen LogP contribution in [-0.2, 0) is 9.53 Å². The Hall–Kier alpha value is -2.37. The van der Waals surface area contributed by atoms with Crippen molar-refractivity contribution in [2.75, 3.05) is 6.61 Å². The van der Waals surface area contributed by atoms with Gasteiger partial charge in [-0.25, -0.2) is 4.79 Å². The minimum atomic E-state index is -0.697. The molecule has 1 N–H and O–H groups in total. The predicted octanol–water partition coefficient (Wildman–Crippen LogP) is 1.88. The zero-order chi connectivity index (χ0) is 12.8. The molecule has 17 heavy (non-hydrogen) atoms. The molecule has 0 saturated carbocycles. The maximum atomic E-state index is 11.0. The second kappa shape index (κ2) is 5.64. The van der Waals surface area contributed by atoms with E-state index in [9.17, 15) is 20.0 Å². The average molecular weight is 237 g/mol. The number of aromatic hydroxyl groups is 1. The molecular formula is C11H11NO5. The molecule has 0 saturated heterocycles. The van der Waals surface area contributed by atoms with Gasteiger partial charge in [-0.3, -0.25) is 10.1 Å². The zero-order valence-corrected chi connectivity index (χ0v) is 9.12. The van der Waals surface area contributed by atoms with Crippen LogP contribution in [0.15, 0.2) is 24.3 Å². The Balaban J connectivity index is 2.89. The van der Waals surface area contributed by atoms with E-state index in [0.717, 1.165) is 0 Å². The van der Waals surface area contributed by atoms with Crippen molar-refractivity contribution in [1.29, 1.82) is 0 Å². The van der Waals surface area contributed by atoms with E-state index < -0.39 is 22.3 Å². The van der Waals surface area contributed by atoms with E-state index in [1.807, 2.05) is 0 Å². The number of nitrogens with zero attached hydrogens (tertiary/aromatic N) is 1. The van der Waals surface area contributed by atoms with Gasteiger partial charge in [0.15, 0.2) is 5.75 Å². The van der Waals surface area contributed by atoms with Crippen molar-refractivity contribution in [3.63, 3.8) is 0 Å². The van der Waals surface area contributed by atoms with Crippen LogP contribution in [0, 0.1) is 10.1 Å². The summed E-state index contributed by atoms with van der Waals surface area (Å²) in [6, 6.07) is 3.83. The third-order valence-corrected chi connectivity index (χ3v) is 1.89. The van der Waals surface area contributed by atoms with Gasteiger partial charge in [-0.2, -0.15) is 0 Å². The summed E-state index contributed by atoms with van der Waals surface area (Å²) in [6.07, 6.45) is 2.55. The topological polar surface area (TPSA) is 89.7 Å². The SMILES string of the molecule is CCOC(=O)C=Cc1ccc(O)c([N+](=O)[O-])c1. The van der Waals surface area contributed by atoms with Crippen LogP contribution in [0.1, 0.15) is 12.5 Å². The Morgan fingerprint density at radius 2 is 2.29 bits per heavy atom. The summed E-state index contributed by atoms with van der Waals surface area (Å²) in [7, 11) is 0. The van der Waals surface area contributed by atoms with Crippen LogP contribution in [0.5, 0.6) is 5.75 Å². The number of nitro benzene ring substituents is 1. The van der Waals surface area contributed by atoms with E-state index in [1.165, 1.54) is 30.4 Å². The first-order valence-electron chi connectivity index (χ1n) is 4.87. The van der Waals surface area contributed by atoms with Crippen LogP contribution >= 0.6 is 0 Å². The summed E-state index contributed by atoms with van der Waals surface area (Å²) in [5, 5.41) is 19.8. The fourth-order valence-electron chi connectivity index (χ4n) is 1.15. The summed E-state index contributed by atoms with van der Waals surface area (Å²) < 4.78 is 4.66. The van der Waals surface area contributed by atoms with Crippen molar-refractivity contribution >= 4 is 17.7 Å². The van der Waals surface area contributed by atoms with E-state index in [1.54, 1.807) is 6.92 Å². The Morgan fingerprint density at radius 1 is 1.59 bits per heavy atom. The van der Waals surface area contributed by atoms with Gasteiger partial charge in [-0.1, -0.05) is 6.07 Å². The Labute approximate surface area is 97.3 Å². The van der Waals surface area contributed by atoms with Gasteiger partial charge in [-0.05, 0) is 24.6 Å². The fraction of sp³-hybridized carbons (Fsp3) is 0.182. The normalized spacial score (nSPS) is 10.4. The van der Waals surface area contributed by atoms with Crippen molar-refractivity contribution in [2.45, 2.75) is 6.92 Å². The van der Waals surface area contributed by atoms with Crippen molar-refractivity contribution in [3.8, 4) is 5.75 Å². The van der Waals surface area contributed by atoms with E-state index in [0.29, 0.717) is 5.56 Å². The molecule has 1 aromatic carbocycles. The molecule has 6 nitrogen and oxygen atoms in total. The van der Waals surface area contributed by atoms with Gasteiger partial charge in [0.2, 0.25) is 0 Å². The fourth-order valence-corrected chi connectivity index (χ4v) is 1.15. The molecule has 0 aromatic heterocycles. The molecular weight excluding hydrogens is 226 g/mol. The quantitative estimate of drug-likeness (QED) is 0.373. The third kappa shape index (κ3) is 3.60. The number of rotatable bonds is 4. The van der Waals surface area contributed by atoms with Gasteiger partial charge >= 0.3 is 11.7 Å². The van der Waals surface area contributed by atoms with Gasteiger partial charge in [-0.15, -0.1) is 0 Å².